The zero-order valence-electron chi connectivity index (χ0n) is 11.4. The second-order valence-electron chi connectivity index (χ2n) is 4.64. The van der Waals surface area contributed by atoms with Crippen molar-refractivity contribution in [3.8, 4) is 0 Å². The fraction of sp³-hybridized carbons (Fsp3) is 0.133. The second-order valence-corrected chi connectivity index (χ2v) is 4.64. The maximum atomic E-state index is 13.1. The summed E-state index contributed by atoms with van der Waals surface area (Å²) in [6.07, 6.45) is 0. The number of benzene rings is 2. The molecule has 0 bridgehead atoms. The molecule has 5 heteroatoms. The molecule has 0 aromatic heterocycles. The average molecular weight is 273 g/mol. The van der Waals surface area contributed by atoms with E-state index in [-0.39, 0.29) is 11.7 Å². The van der Waals surface area contributed by atoms with Crippen LogP contribution in [0.1, 0.15) is 10.4 Å². The first kappa shape index (κ1) is 13.9. The Hall–Kier alpha value is -2.56. The molecule has 20 heavy (non-hydrogen) atoms. The largest absolute Gasteiger partial charge is 0.397 e. The molecule has 0 saturated carbocycles. The minimum Gasteiger partial charge on any atom is -0.397 e. The molecule has 2 aromatic carbocycles. The third-order valence-electron chi connectivity index (χ3n) is 2.81. The van der Waals surface area contributed by atoms with Gasteiger partial charge in [0.05, 0.1) is 11.4 Å². The molecule has 0 aliphatic carbocycles. The zero-order valence-corrected chi connectivity index (χ0v) is 11.4. The van der Waals surface area contributed by atoms with E-state index in [1.54, 1.807) is 44.4 Å². The molecule has 104 valence electrons. The number of anilines is 3. The highest BCUT2D eigenvalue weighted by molar-refractivity contribution is 5.96. The van der Waals surface area contributed by atoms with E-state index in [2.05, 4.69) is 5.32 Å². The summed E-state index contributed by atoms with van der Waals surface area (Å²) in [4.78, 5) is 13.3. The van der Waals surface area contributed by atoms with E-state index in [4.69, 9.17) is 5.73 Å². The fourth-order valence-corrected chi connectivity index (χ4v) is 1.79. The van der Waals surface area contributed by atoms with E-state index in [9.17, 15) is 9.18 Å². The number of carbonyl (C=O) groups excluding carboxylic acids is 1. The first-order chi connectivity index (χ1) is 9.47. The molecule has 2 aromatic rings. The monoisotopic (exact) mass is 273 g/mol. The third-order valence-corrected chi connectivity index (χ3v) is 2.81. The number of nitrogen functional groups attached to an aromatic ring is 1. The van der Waals surface area contributed by atoms with Crippen LogP contribution >= 0.6 is 0 Å². The number of nitrogens with two attached hydrogens (primary N) is 1. The second kappa shape index (κ2) is 5.61. The van der Waals surface area contributed by atoms with Crippen LogP contribution in [-0.4, -0.2) is 24.9 Å². The van der Waals surface area contributed by atoms with E-state index in [0.29, 0.717) is 22.6 Å². The van der Waals surface area contributed by atoms with E-state index >= 15 is 0 Å². The Labute approximate surface area is 117 Å². The number of hydrogen-bond donors (Lipinski definition) is 2. The maximum Gasteiger partial charge on any atom is 0.253 e. The quantitative estimate of drug-likeness (QED) is 0.845. The molecule has 0 spiro atoms. The number of nitrogens with zero attached hydrogens (tertiary/aromatic N) is 1. The smallest absolute Gasteiger partial charge is 0.253 e. The van der Waals surface area contributed by atoms with Crippen molar-refractivity contribution in [3.63, 3.8) is 0 Å². The van der Waals surface area contributed by atoms with Crippen molar-refractivity contribution in [3.05, 3.63) is 53.8 Å². The minimum absolute atomic E-state index is 0.117. The van der Waals surface area contributed by atoms with Crippen LogP contribution < -0.4 is 11.1 Å². The van der Waals surface area contributed by atoms with Gasteiger partial charge < -0.3 is 16.0 Å². The molecular weight excluding hydrogens is 257 g/mol. The van der Waals surface area contributed by atoms with Gasteiger partial charge in [0, 0.05) is 25.3 Å². The van der Waals surface area contributed by atoms with E-state index < -0.39 is 0 Å². The summed E-state index contributed by atoms with van der Waals surface area (Å²) in [6, 6.07) is 11.1. The van der Waals surface area contributed by atoms with Crippen molar-refractivity contribution in [2.45, 2.75) is 0 Å². The van der Waals surface area contributed by atoms with Gasteiger partial charge in [-0.2, -0.15) is 0 Å². The van der Waals surface area contributed by atoms with Crippen LogP contribution in [0.25, 0.3) is 0 Å². The van der Waals surface area contributed by atoms with Crippen LogP contribution in [0.4, 0.5) is 21.5 Å². The summed E-state index contributed by atoms with van der Waals surface area (Å²) in [7, 11) is 3.36. The molecule has 2 rings (SSSR count). The molecule has 0 aliphatic heterocycles. The van der Waals surface area contributed by atoms with Gasteiger partial charge in [-0.05, 0) is 36.4 Å². The lowest BCUT2D eigenvalue weighted by Crippen LogP contribution is -2.21. The predicted octanol–water partition coefficient (Wildman–Crippen LogP) is 2.85. The van der Waals surface area contributed by atoms with Crippen LogP contribution in [0.3, 0.4) is 0 Å². The van der Waals surface area contributed by atoms with Gasteiger partial charge in [-0.1, -0.05) is 6.07 Å². The topological polar surface area (TPSA) is 58.4 Å². The highest BCUT2D eigenvalue weighted by atomic mass is 19.1. The number of halogens is 1. The Morgan fingerprint density at radius 3 is 2.55 bits per heavy atom. The van der Waals surface area contributed by atoms with Gasteiger partial charge in [-0.3, -0.25) is 4.79 Å². The molecule has 0 fully saturated rings. The lowest BCUT2D eigenvalue weighted by molar-refractivity contribution is 0.0827. The number of rotatable bonds is 3. The van der Waals surface area contributed by atoms with Crippen LogP contribution in [0, 0.1) is 5.82 Å². The Morgan fingerprint density at radius 1 is 1.20 bits per heavy atom. The predicted molar refractivity (Wildman–Crippen MR) is 78.6 cm³/mol. The normalized spacial score (nSPS) is 10.2. The summed E-state index contributed by atoms with van der Waals surface area (Å²) in [5, 5.41) is 3.02. The zero-order chi connectivity index (χ0) is 14.7. The summed E-state index contributed by atoms with van der Waals surface area (Å²) < 4.78 is 13.1. The lowest BCUT2D eigenvalue weighted by Gasteiger charge is -2.13. The van der Waals surface area contributed by atoms with Gasteiger partial charge in [0.1, 0.15) is 5.82 Å². The van der Waals surface area contributed by atoms with E-state index in [1.165, 1.54) is 17.0 Å². The van der Waals surface area contributed by atoms with Crippen LogP contribution in [0.5, 0.6) is 0 Å². The fourth-order valence-electron chi connectivity index (χ4n) is 1.79. The van der Waals surface area contributed by atoms with Gasteiger partial charge in [-0.15, -0.1) is 0 Å². The van der Waals surface area contributed by atoms with Crippen LogP contribution in [0.15, 0.2) is 42.5 Å². The number of amides is 1. The van der Waals surface area contributed by atoms with Crippen molar-refractivity contribution < 1.29 is 9.18 Å². The molecular formula is C15H16FN3O. The summed E-state index contributed by atoms with van der Waals surface area (Å²) in [5.74, 6) is -0.443. The lowest BCUT2D eigenvalue weighted by atomic mass is 10.1. The van der Waals surface area contributed by atoms with Crippen molar-refractivity contribution in [1.82, 2.24) is 4.90 Å². The summed E-state index contributed by atoms with van der Waals surface area (Å²) in [6.45, 7) is 0. The maximum absolute atomic E-state index is 13.1. The van der Waals surface area contributed by atoms with Gasteiger partial charge in [-0.25, -0.2) is 4.39 Å². The standard InChI is InChI=1S/C15H16FN3O/c1-19(2)15(20)10-6-7-14(13(17)8-10)18-12-5-3-4-11(16)9-12/h3-9,18H,17H2,1-2H3. The molecule has 0 atom stereocenters. The van der Waals surface area contributed by atoms with Crippen molar-refractivity contribution >= 4 is 23.0 Å². The average Bonchev–Trinajstić information content (AvgIpc) is 2.40. The van der Waals surface area contributed by atoms with Crippen molar-refractivity contribution in [1.29, 1.82) is 0 Å². The number of hydrogen-bond acceptors (Lipinski definition) is 3. The van der Waals surface area contributed by atoms with Gasteiger partial charge in [0.15, 0.2) is 0 Å². The molecule has 0 aliphatic rings. The van der Waals surface area contributed by atoms with Crippen LogP contribution in [0.2, 0.25) is 0 Å². The first-order valence-electron chi connectivity index (χ1n) is 6.11. The minimum atomic E-state index is -0.326. The highest BCUT2D eigenvalue weighted by Gasteiger charge is 2.10. The van der Waals surface area contributed by atoms with Gasteiger partial charge in [0.25, 0.3) is 5.91 Å². The van der Waals surface area contributed by atoms with Gasteiger partial charge in [0.2, 0.25) is 0 Å². The summed E-state index contributed by atoms with van der Waals surface area (Å²) in [5.41, 5.74) is 8.09. The Kier molecular flexibility index (Phi) is 3.89. The molecule has 4 nitrogen and oxygen atoms in total. The molecule has 0 saturated heterocycles. The molecule has 3 N–H and O–H groups in total. The van der Waals surface area contributed by atoms with E-state index in [0.717, 1.165) is 0 Å². The first-order valence-corrected chi connectivity index (χ1v) is 6.11. The van der Waals surface area contributed by atoms with Gasteiger partial charge >= 0.3 is 0 Å². The molecule has 0 radical (unpaired) electrons. The number of nitrogens with one attached hydrogen (secondary N) is 1. The van der Waals surface area contributed by atoms with Crippen molar-refractivity contribution in [2.24, 2.45) is 0 Å². The van der Waals surface area contributed by atoms with E-state index in [1.807, 2.05) is 0 Å². The van der Waals surface area contributed by atoms with Crippen molar-refractivity contribution in [2.75, 3.05) is 25.1 Å². The Bertz CT molecular complexity index is 641. The Morgan fingerprint density at radius 2 is 1.95 bits per heavy atom. The third kappa shape index (κ3) is 3.06. The number of carbonyl (C=O) groups is 1. The van der Waals surface area contributed by atoms with Crippen LogP contribution in [-0.2, 0) is 0 Å². The molecule has 0 unspecified atom stereocenters. The molecule has 0 heterocycles. The molecule has 1 amide bonds. The highest BCUT2D eigenvalue weighted by Crippen LogP contribution is 2.24. The summed E-state index contributed by atoms with van der Waals surface area (Å²) >= 11 is 0. The SMILES string of the molecule is CN(C)C(=O)c1ccc(Nc2cccc(F)c2)c(N)c1. The Balaban J connectivity index is 2.24.